The van der Waals surface area contributed by atoms with Crippen LogP contribution in [0.1, 0.15) is 30.2 Å². The van der Waals surface area contributed by atoms with Gasteiger partial charge in [-0.3, -0.25) is 0 Å². The van der Waals surface area contributed by atoms with Crippen LogP contribution in [0.25, 0.3) is 0 Å². The van der Waals surface area contributed by atoms with Crippen LogP contribution in [-0.2, 0) is 0 Å². The van der Waals surface area contributed by atoms with E-state index in [0.29, 0.717) is 6.04 Å². The van der Waals surface area contributed by atoms with E-state index in [-0.39, 0.29) is 0 Å². The SMILES string of the molecule is CNC(c1ccc(Cl)s1)C1C2CCCC21. The van der Waals surface area contributed by atoms with Crippen molar-refractivity contribution >= 4 is 22.9 Å². The van der Waals surface area contributed by atoms with E-state index in [4.69, 9.17) is 11.6 Å². The molecule has 3 rings (SSSR count). The molecule has 1 aromatic heterocycles. The Morgan fingerprint density at radius 2 is 2.13 bits per heavy atom. The molecule has 3 atom stereocenters. The summed E-state index contributed by atoms with van der Waals surface area (Å²) in [5, 5.41) is 3.47. The van der Waals surface area contributed by atoms with Crippen molar-refractivity contribution in [3.63, 3.8) is 0 Å². The molecule has 1 nitrogen and oxygen atoms in total. The maximum absolute atomic E-state index is 6.00. The second-order valence-electron chi connectivity index (χ2n) is 4.74. The minimum atomic E-state index is 0.554. The highest BCUT2D eigenvalue weighted by Gasteiger charge is 2.55. The van der Waals surface area contributed by atoms with Crippen LogP contribution in [0.15, 0.2) is 12.1 Å². The maximum atomic E-state index is 6.00. The van der Waals surface area contributed by atoms with Gasteiger partial charge in [0.05, 0.1) is 4.34 Å². The average Bonchev–Trinajstić information content (AvgIpc) is 2.67. The molecule has 1 N–H and O–H groups in total. The van der Waals surface area contributed by atoms with Gasteiger partial charge in [0.2, 0.25) is 0 Å². The van der Waals surface area contributed by atoms with E-state index in [1.54, 1.807) is 11.3 Å². The summed E-state index contributed by atoms with van der Waals surface area (Å²) in [6.07, 6.45) is 4.35. The van der Waals surface area contributed by atoms with Crippen LogP contribution >= 0.6 is 22.9 Å². The fourth-order valence-electron chi connectivity index (χ4n) is 3.39. The van der Waals surface area contributed by atoms with Gasteiger partial charge in [-0.15, -0.1) is 11.3 Å². The molecule has 0 aliphatic heterocycles. The summed E-state index contributed by atoms with van der Waals surface area (Å²) in [6.45, 7) is 0. The van der Waals surface area contributed by atoms with Crippen LogP contribution in [0, 0.1) is 17.8 Å². The molecule has 2 aliphatic rings. The van der Waals surface area contributed by atoms with Crippen LogP contribution < -0.4 is 5.32 Å². The van der Waals surface area contributed by atoms with Gasteiger partial charge in [0.25, 0.3) is 0 Å². The average molecular weight is 242 g/mol. The summed E-state index contributed by atoms with van der Waals surface area (Å²) in [7, 11) is 2.08. The third-order valence-electron chi connectivity index (χ3n) is 4.07. The van der Waals surface area contributed by atoms with E-state index in [1.165, 1.54) is 24.1 Å². The molecule has 82 valence electrons. The number of rotatable bonds is 3. The molecule has 2 fully saturated rings. The number of thiophene rings is 1. The topological polar surface area (TPSA) is 12.0 Å². The molecular weight excluding hydrogens is 226 g/mol. The summed E-state index contributed by atoms with van der Waals surface area (Å²) in [5.41, 5.74) is 0. The molecule has 0 radical (unpaired) electrons. The lowest BCUT2D eigenvalue weighted by Gasteiger charge is -2.16. The zero-order valence-electron chi connectivity index (χ0n) is 8.87. The molecule has 1 aromatic rings. The van der Waals surface area contributed by atoms with Gasteiger partial charge in [-0.05, 0) is 49.8 Å². The van der Waals surface area contributed by atoms with Crippen molar-refractivity contribution in [2.24, 2.45) is 17.8 Å². The van der Waals surface area contributed by atoms with Crippen molar-refractivity contribution in [1.82, 2.24) is 5.32 Å². The molecule has 3 unspecified atom stereocenters. The second kappa shape index (κ2) is 3.76. The molecule has 0 spiro atoms. The van der Waals surface area contributed by atoms with Gasteiger partial charge in [0.1, 0.15) is 0 Å². The van der Waals surface area contributed by atoms with Crippen molar-refractivity contribution in [3.05, 3.63) is 21.3 Å². The van der Waals surface area contributed by atoms with Gasteiger partial charge in [0, 0.05) is 10.9 Å². The minimum Gasteiger partial charge on any atom is -0.312 e. The van der Waals surface area contributed by atoms with Crippen molar-refractivity contribution in [2.75, 3.05) is 7.05 Å². The fourth-order valence-corrected chi connectivity index (χ4v) is 4.62. The van der Waals surface area contributed by atoms with Crippen LogP contribution in [0.5, 0.6) is 0 Å². The summed E-state index contributed by atoms with van der Waals surface area (Å²) >= 11 is 7.73. The van der Waals surface area contributed by atoms with Gasteiger partial charge >= 0.3 is 0 Å². The predicted molar refractivity (Wildman–Crippen MR) is 65.5 cm³/mol. The molecule has 0 amide bonds. The van der Waals surface area contributed by atoms with Gasteiger partial charge < -0.3 is 5.32 Å². The van der Waals surface area contributed by atoms with E-state index >= 15 is 0 Å². The lowest BCUT2D eigenvalue weighted by Crippen LogP contribution is -2.19. The third kappa shape index (κ3) is 1.63. The first kappa shape index (κ1) is 10.1. The molecule has 0 aromatic carbocycles. The van der Waals surface area contributed by atoms with Crippen LogP contribution in [-0.4, -0.2) is 7.05 Å². The first-order valence-electron chi connectivity index (χ1n) is 5.74. The summed E-state index contributed by atoms with van der Waals surface area (Å²) < 4.78 is 0.913. The highest BCUT2D eigenvalue weighted by atomic mass is 35.5. The second-order valence-corrected chi connectivity index (χ2v) is 6.49. The van der Waals surface area contributed by atoms with Gasteiger partial charge in [-0.25, -0.2) is 0 Å². The van der Waals surface area contributed by atoms with E-state index in [2.05, 4.69) is 18.4 Å². The Kier molecular flexibility index (Phi) is 2.54. The zero-order valence-corrected chi connectivity index (χ0v) is 10.4. The monoisotopic (exact) mass is 241 g/mol. The van der Waals surface area contributed by atoms with E-state index in [9.17, 15) is 0 Å². The normalized spacial score (nSPS) is 35.2. The number of nitrogens with one attached hydrogen (secondary N) is 1. The van der Waals surface area contributed by atoms with E-state index in [1.807, 2.05) is 6.07 Å². The summed E-state index contributed by atoms with van der Waals surface area (Å²) in [5.74, 6) is 2.89. The van der Waals surface area contributed by atoms with Crippen molar-refractivity contribution < 1.29 is 0 Å². The van der Waals surface area contributed by atoms with Gasteiger partial charge in [-0.2, -0.15) is 0 Å². The quantitative estimate of drug-likeness (QED) is 0.851. The van der Waals surface area contributed by atoms with Crippen LogP contribution in [0.2, 0.25) is 4.34 Å². The molecule has 0 saturated heterocycles. The van der Waals surface area contributed by atoms with E-state index < -0.39 is 0 Å². The Bertz CT molecular complexity index is 352. The standard InChI is InChI=1S/C12H16ClNS/c1-14-12(9-5-6-10(13)15-9)11-7-3-2-4-8(7)11/h5-8,11-12,14H,2-4H2,1H3. The smallest absolute Gasteiger partial charge is 0.0931 e. The van der Waals surface area contributed by atoms with Crippen LogP contribution in [0.3, 0.4) is 0 Å². The molecule has 2 saturated carbocycles. The minimum absolute atomic E-state index is 0.554. The highest BCUT2D eigenvalue weighted by Crippen LogP contribution is 2.62. The lowest BCUT2D eigenvalue weighted by atomic mass is 10.0. The van der Waals surface area contributed by atoms with E-state index in [0.717, 1.165) is 22.1 Å². The Labute approximate surface area is 99.8 Å². The number of fused-ring (bicyclic) bond motifs is 1. The van der Waals surface area contributed by atoms with Crippen molar-refractivity contribution in [1.29, 1.82) is 0 Å². The third-order valence-corrected chi connectivity index (χ3v) is 5.38. The number of halogens is 1. The summed E-state index contributed by atoms with van der Waals surface area (Å²) in [6, 6.07) is 4.75. The predicted octanol–water partition coefficient (Wildman–Crippen LogP) is 3.71. The maximum Gasteiger partial charge on any atom is 0.0931 e. The molecule has 15 heavy (non-hydrogen) atoms. The Morgan fingerprint density at radius 3 is 2.67 bits per heavy atom. The molecular formula is C12H16ClNS. The fraction of sp³-hybridized carbons (Fsp3) is 0.667. The Hall–Kier alpha value is -0.0500. The van der Waals surface area contributed by atoms with Gasteiger partial charge in [-0.1, -0.05) is 18.0 Å². The Morgan fingerprint density at radius 1 is 1.40 bits per heavy atom. The first-order chi connectivity index (χ1) is 7.31. The van der Waals surface area contributed by atoms with Crippen molar-refractivity contribution in [3.8, 4) is 0 Å². The molecule has 0 bridgehead atoms. The molecule has 3 heteroatoms. The van der Waals surface area contributed by atoms with Gasteiger partial charge in [0.15, 0.2) is 0 Å². The van der Waals surface area contributed by atoms with Crippen LogP contribution in [0.4, 0.5) is 0 Å². The summed E-state index contributed by atoms with van der Waals surface area (Å²) in [4.78, 5) is 1.42. The van der Waals surface area contributed by atoms with Crippen molar-refractivity contribution in [2.45, 2.75) is 25.3 Å². The zero-order chi connectivity index (χ0) is 10.4. The first-order valence-corrected chi connectivity index (χ1v) is 6.93. The Balaban J connectivity index is 1.78. The lowest BCUT2D eigenvalue weighted by molar-refractivity contribution is 0.450. The number of hydrogen-bond acceptors (Lipinski definition) is 2. The molecule has 1 heterocycles. The highest BCUT2D eigenvalue weighted by molar-refractivity contribution is 7.16. The molecule has 2 aliphatic carbocycles. The largest absolute Gasteiger partial charge is 0.312 e. The number of hydrogen-bond donors (Lipinski definition) is 1.